The van der Waals surface area contributed by atoms with Crippen LogP contribution in [0.5, 0.6) is 0 Å². The van der Waals surface area contributed by atoms with Gasteiger partial charge < -0.3 is 15.2 Å². The van der Waals surface area contributed by atoms with E-state index >= 15 is 0 Å². The van der Waals surface area contributed by atoms with Crippen molar-refractivity contribution in [3.8, 4) is 0 Å². The summed E-state index contributed by atoms with van der Waals surface area (Å²) in [5, 5.41) is 4.07. The fourth-order valence-corrected chi connectivity index (χ4v) is 3.15. The first-order chi connectivity index (χ1) is 9.90. The van der Waals surface area contributed by atoms with E-state index in [9.17, 15) is 4.79 Å². The third kappa shape index (κ3) is 3.70. The van der Waals surface area contributed by atoms with Gasteiger partial charge in [0.15, 0.2) is 0 Å². The molecular weight excluding hydrogens is 284 g/mol. The van der Waals surface area contributed by atoms with Crippen molar-refractivity contribution < 1.29 is 0 Å². The summed E-state index contributed by atoms with van der Waals surface area (Å²) >= 11 is 1.59. The second-order valence-electron chi connectivity index (χ2n) is 5.73. The Morgan fingerprint density at radius 2 is 2.10 bits per heavy atom. The number of aromatic nitrogens is 2. The molecular formula is C15H24N4OS. The second kappa shape index (κ2) is 6.68. The molecule has 0 bridgehead atoms. The number of likely N-dealkylation sites (N-methyl/N-ethyl adjacent to an activating group) is 1. The van der Waals surface area contributed by atoms with Crippen LogP contribution in [0.2, 0.25) is 0 Å². The van der Waals surface area contributed by atoms with Crippen LogP contribution in [-0.4, -0.2) is 41.0 Å². The molecule has 5 nitrogen and oxygen atoms in total. The van der Waals surface area contributed by atoms with E-state index in [4.69, 9.17) is 0 Å². The summed E-state index contributed by atoms with van der Waals surface area (Å²) in [6.07, 6.45) is 0. The lowest BCUT2D eigenvalue weighted by molar-refractivity contribution is 0.273. The number of nitrogens with zero attached hydrogens (tertiary/aromatic N) is 2. The van der Waals surface area contributed by atoms with Crippen molar-refractivity contribution in [2.75, 3.05) is 20.1 Å². The number of hydrogen-bond donors (Lipinski definition) is 2. The molecule has 0 atom stereocenters. The Balaban J connectivity index is 2.02. The number of fused-ring (bicyclic) bond motifs is 1. The Bertz CT molecular complexity index is 674. The lowest BCUT2D eigenvalue weighted by atomic mass is 10.2. The van der Waals surface area contributed by atoms with E-state index in [-0.39, 0.29) is 5.56 Å². The smallest absolute Gasteiger partial charge is 0.259 e. The predicted molar refractivity (Wildman–Crippen MR) is 89.2 cm³/mol. The molecule has 6 heteroatoms. The van der Waals surface area contributed by atoms with E-state index in [0.717, 1.165) is 33.7 Å². The Morgan fingerprint density at radius 1 is 1.38 bits per heavy atom. The molecule has 2 rings (SSSR count). The van der Waals surface area contributed by atoms with E-state index in [1.807, 2.05) is 13.8 Å². The fraction of sp³-hybridized carbons (Fsp3) is 0.600. The van der Waals surface area contributed by atoms with Crippen molar-refractivity contribution >= 4 is 21.6 Å². The molecule has 0 radical (unpaired) electrons. The van der Waals surface area contributed by atoms with Crippen LogP contribution in [0.1, 0.15) is 30.1 Å². The van der Waals surface area contributed by atoms with E-state index < -0.39 is 0 Å². The molecule has 0 spiro atoms. The van der Waals surface area contributed by atoms with Gasteiger partial charge in [0.1, 0.15) is 10.7 Å². The number of thiophene rings is 1. The van der Waals surface area contributed by atoms with Gasteiger partial charge in [0.2, 0.25) is 0 Å². The molecule has 21 heavy (non-hydrogen) atoms. The van der Waals surface area contributed by atoms with Crippen LogP contribution in [0.25, 0.3) is 10.2 Å². The summed E-state index contributed by atoms with van der Waals surface area (Å²) in [6, 6.07) is 0.540. The normalized spacial score (nSPS) is 12.0. The first-order valence-electron chi connectivity index (χ1n) is 7.30. The van der Waals surface area contributed by atoms with Gasteiger partial charge in [0, 0.05) is 24.0 Å². The largest absolute Gasteiger partial charge is 0.309 e. The zero-order valence-corrected chi connectivity index (χ0v) is 14.2. The number of hydrogen-bond acceptors (Lipinski definition) is 5. The van der Waals surface area contributed by atoms with Gasteiger partial charge in [-0.1, -0.05) is 0 Å². The first-order valence-corrected chi connectivity index (χ1v) is 8.11. The van der Waals surface area contributed by atoms with Crippen LogP contribution in [0, 0.1) is 13.8 Å². The van der Waals surface area contributed by atoms with Gasteiger partial charge in [0.25, 0.3) is 5.56 Å². The van der Waals surface area contributed by atoms with Gasteiger partial charge in [0.05, 0.1) is 11.9 Å². The molecule has 0 unspecified atom stereocenters. The van der Waals surface area contributed by atoms with Crippen LogP contribution < -0.4 is 10.9 Å². The number of rotatable bonds is 6. The highest BCUT2D eigenvalue weighted by Gasteiger charge is 2.11. The maximum absolute atomic E-state index is 12.1. The number of aryl methyl sites for hydroxylation is 2. The molecule has 2 aromatic heterocycles. The Kier molecular flexibility index (Phi) is 5.13. The van der Waals surface area contributed by atoms with Gasteiger partial charge in [-0.05, 0) is 40.3 Å². The zero-order chi connectivity index (χ0) is 15.6. The summed E-state index contributed by atoms with van der Waals surface area (Å²) in [6.45, 7) is 10.8. The van der Waals surface area contributed by atoms with Crippen molar-refractivity contribution in [2.45, 2.75) is 40.3 Å². The highest BCUT2D eigenvalue weighted by Crippen LogP contribution is 2.25. The van der Waals surface area contributed by atoms with E-state index in [1.54, 1.807) is 11.3 Å². The number of nitrogens with one attached hydrogen (secondary N) is 2. The molecule has 116 valence electrons. The van der Waals surface area contributed by atoms with Gasteiger partial charge in [-0.2, -0.15) is 0 Å². The summed E-state index contributed by atoms with van der Waals surface area (Å²) in [5.41, 5.74) is 1.01. The maximum atomic E-state index is 12.1. The van der Waals surface area contributed by atoms with Crippen molar-refractivity contribution in [1.29, 1.82) is 0 Å². The van der Waals surface area contributed by atoms with Gasteiger partial charge in [-0.25, -0.2) is 4.98 Å². The minimum absolute atomic E-state index is 0.0297. The fourth-order valence-electron chi connectivity index (χ4n) is 2.10. The van der Waals surface area contributed by atoms with Crippen LogP contribution >= 0.6 is 11.3 Å². The average Bonchev–Trinajstić information content (AvgIpc) is 2.70. The molecule has 0 saturated carbocycles. The second-order valence-corrected chi connectivity index (χ2v) is 6.93. The third-order valence-corrected chi connectivity index (χ3v) is 5.00. The van der Waals surface area contributed by atoms with Crippen molar-refractivity contribution in [1.82, 2.24) is 20.2 Å². The first kappa shape index (κ1) is 16.1. The zero-order valence-electron chi connectivity index (χ0n) is 13.4. The standard InChI is InChI=1S/C15H24N4OS/c1-9(2)19(5)7-6-16-8-12-17-14(20)13-10(3)11(4)21-15(13)18-12/h9,16H,6-8H2,1-5H3,(H,17,18,20). The van der Waals surface area contributed by atoms with Crippen molar-refractivity contribution in [3.63, 3.8) is 0 Å². The average molecular weight is 308 g/mol. The maximum Gasteiger partial charge on any atom is 0.259 e. The predicted octanol–water partition coefficient (Wildman–Crippen LogP) is 2.03. The Morgan fingerprint density at radius 3 is 2.76 bits per heavy atom. The van der Waals surface area contributed by atoms with Gasteiger partial charge in [-0.15, -0.1) is 11.3 Å². The molecule has 2 N–H and O–H groups in total. The van der Waals surface area contributed by atoms with Crippen molar-refractivity contribution in [3.05, 3.63) is 26.6 Å². The third-order valence-electron chi connectivity index (χ3n) is 3.90. The molecule has 0 aliphatic carbocycles. The van der Waals surface area contributed by atoms with Crippen LogP contribution in [0.15, 0.2) is 4.79 Å². The molecule has 0 aliphatic rings. The molecule has 2 heterocycles. The SMILES string of the molecule is Cc1sc2nc(CNCCN(C)C(C)C)[nH]c(=O)c2c1C. The van der Waals surface area contributed by atoms with E-state index in [1.165, 1.54) is 0 Å². The minimum atomic E-state index is -0.0297. The minimum Gasteiger partial charge on any atom is -0.309 e. The highest BCUT2D eigenvalue weighted by atomic mass is 32.1. The highest BCUT2D eigenvalue weighted by molar-refractivity contribution is 7.18. The summed E-state index contributed by atoms with van der Waals surface area (Å²) in [5.74, 6) is 0.709. The lowest BCUT2D eigenvalue weighted by Gasteiger charge is -2.20. The number of H-pyrrole nitrogens is 1. The summed E-state index contributed by atoms with van der Waals surface area (Å²) in [4.78, 5) is 23.8. The van der Waals surface area contributed by atoms with Crippen LogP contribution in [-0.2, 0) is 6.54 Å². The molecule has 0 fully saturated rings. The van der Waals surface area contributed by atoms with Gasteiger partial charge >= 0.3 is 0 Å². The molecule has 0 amide bonds. The van der Waals surface area contributed by atoms with Crippen LogP contribution in [0.4, 0.5) is 0 Å². The summed E-state index contributed by atoms with van der Waals surface area (Å²) < 4.78 is 0. The monoisotopic (exact) mass is 308 g/mol. The molecule has 0 aromatic carbocycles. The van der Waals surface area contributed by atoms with E-state index in [2.05, 4.69) is 41.1 Å². The molecule has 2 aromatic rings. The molecule has 0 aliphatic heterocycles. The lowest BCUT2D eigenvalue weighted by Crippen LogP contribution is -2.34. The topological polar surface area (TPSA) is 61.0 Å². The van der Waals surface area contributed by atoms with Gasteiger partial charge in [-0.3, -0.25) is 4.79 Å². The van der Waals surface area contributed by atoms with Crippen LogP contribution in [0.3, 0.4) is 0 Å². The Labute approximate surface area is 129 Å². The Hall–Kier alpha value is -1.24. The number of aromatic amines is 1. The molecule has 0 saturated heterocycles. The van der Waals surface area contributed by atoms with Crippen molar-refractivity contribution in [2.24, 2.45) is 0 Å². The summed E-state index contributed by atoms with van der Waals surface area (Å²) in [7, 11) is 2.11. The quantitative estimate of drug-likeness (QED) is 0.802. The van der Waals surface area contributed by atoms with E-state index in [0.29, 0.717) is 18.4 Å².